The van der Waals surface area contributed by atoms with Gasteiger partial charge in [-0.3, -0.25) is 0 Å². The van der Waals surface area contributed by atoms with Gasteiger partial charge in [0.15, 0.2) is 0 Å². The van der Waals surface area contributed by atoms with E-state index in [-0.39, 0.29) is 6.10 Å². The predicted octanol–water partition coefficient (Wildman–Crippen LogP) is 3.58. The summed E-state index contributed by atoms with van der Waals surface area (Å²) in [6.45, 7) is 4.89. The van der Waals surface area contributed by atoms with Crippen molar-refractivity contribution in [1.82, 2.24) is 4.98 Å². The third-order valence-corrected chi connectivity index (χ3v) is 3.16. The van der Waals surface area contributed by atoms with Crippen molar-refractivity contribution in [2.75, 3.05) is 11.9 Å². The van der Waals surface area contributed by atoms with Crippen LogP contribution in [0.15, 0.2) is 35.2 Å². The molecular weight excluding hydrogens is 244 g/mol. The van der Waals surface area contributed by atoms with E-state index < -0.39 is 0 Å². The fourth-order valence-electron chi connectivity index (χ4n) is 1.62. The topological polar surface area (TPSA) is 34.1 Å². The lowest BCUT2D eigenvalue weighted by molar-refractivity contribution is 0.234. The van der Waals surface area contributed by atoms with E-state index >= 15 is 0 Å². The number of hydrogen-bond acceptors (Lipinski definition) is 4. The Morgan fingerprint density at radius 1 is 1.39 bits per heavy atom. The van der Waals surface area contributed by atoms with Gasteiger partial charge in [0.05, 0.1) is 11.8 Å². The molecule has 0 aliphatic carbocycles. The summed E-state index contributed by atoms with van der Waals surface area (Å²) < 4.78 is 5.66. The van der Waals surface area contributed by atoms with E-state index in [9.17, 15) is 0 Å². The summed E-state index contributed by atoms with van der Waals surface area (Å²) in [6, 6.07) is 6.07. The van der Waals surface area contributed by atoms with E-state index in [1.807, 2.05) is 26.0 Å². The summed E-state index contributed by atoms with van der Waals surface area (Å²) in [7, 11) is 0. The molecule has 3 nitrogen and oxygen atoms in total. The average Bonchev–Trinajstić information content (AvgIpc) is 2.84. The smallest absolute Gasteiger partial charge is 0.237 e. The van der Waals surface area contributed by atoms with Crippen molar-refractivity contribution in [2.24, 2.45) is 0 Å². The Morgan fingerprint density at radius 2 is 2.28 bits per heavy atom. The fraction of sp³-hybridized carbons (Fsp3) is 0.357. The van der Waals surface area contributed by atoms with Crippen molar-refractivity contribution in [3.05, 3.63) is 40.7 Å². The first-order chi connectivity index (χ1) is 8.75. The molecule has 0 saturated heterocycles. The molecule has 0 amide bonds. The highest BCUT2D eigenvalue weighted by Gasteiger charge is 2.05. The van der Waals surface area contributed by atoms with Gasteiger partial charge in [-0.15, -0.1) is 0 Å². The number of anilines is 1. The molecule has 0 atom stereocenters. The van der Waals surface area contributed by atoms with Crippen LogP contribution in [0.2, 0.25) is 0 Å². The van der Waals surface area contributed by atoms with Crippen LogP contribution in [0.25, 0.3) is 0 Å². The van der Waals surface area contributed by atoms with Gasteiger partial charge in [-0.25, -0.2) is 4.98 Å². The maximum atomic E-state index is 5.66. The molecule has 0 bridgehead atoms. The summed E-state index contributed by atoms with van der Waals surface area (Å²) in [5.74, 6) is 0.679. The van der Waals surface area contributed by atoms with Crippen LogP contribution in [-0.4, -0.2) is 17.6 Å². The molecule has 0 unspecified atom stereocenters. The number of pyridine rings is 1. The van der Waals surface area contributed by atoms with Crippen LogP contribution in [0.3, 0.4) is 0 Å². The molecule has 2 aromatic heterocycles. The molecule has 0 radical (unpaired) electrons. The van der Waals surface area contributed by atoms with Crippen LogP contribution in [0.1, 0.15) is 19.4 Å². The number of thiophene rings is 1. The van der Waals surface area contributed by atoms with Gasteiger partial charge >= 0.3 is 0 Å². The zero-order chi connectivity index (χ0) is 12.8. The highest BCUT2D eigenvalue weighted by atomic mass is 32.1. The summed E-state index contributed by atoms with van der Waals surface area (Å²) in [5.41, 5.74) is 2.32. The van der Waals surface area contributed by atoms with E-state index in [0.29, 0.717) is 5.88 Å². The lowest BCUT2D eigenvalue weighted by Gasteiger charge is -2.13. The number of rotatable bonds is 6. The SMILES string of the molecule is CC(C)Oc1ncccc1NCCc1ccsc1. The largest absolute Gasteiger partial charge is 0.473 e. The predicted molar refractivity (Wildman–Crippen MR) is 76.5 cm³/mol. The normalized spacial score (nSPS) is 10.6. The van der Waals surface area contributed by atoms with E-state index in [1.54, 1.807) is 17.5 Å². The molecule has 4 heteroatoms. The molecule has 0 spiro atoms. The van der Waals surface area contributed by atoms with Crippen LogP contribution in [0, 0.1) is 0 Å². The summed E-state index contributed by atoms with van der Waals surface area (Å²) in [4.78, 5) is 4.25. The molecule has 0 fully saturated rings. The van der Waals surface area contributed by atoms with Crippen molar-refractivity contribution in [3.63, 3.8) is 0 Å². The van der Waals surface area contributed by atoms with Crippen molar-refractivity contribution < 1.29 is 4.74 Å². The van der Waals surface area contributed by atoms with Crippen LogP contribution < -0.4 is 10.1 Å². The van der Waals surface area contributed by atoms with Crippen molar-refractivity contribution in [3.8, 4) is 5.88 Å². The molecule has 0 saturated carbocycles. The number of aromatic nitrogens is 1. The first-order valence-electron chi connectivity index (χ1n) is 6.12. The second-order valence-electron chi connectivity index (χ2n) is 4.33. The zero-order valence-electron chi connectivity index (χ0n) is 10.7. The van der Waals surface area contributed by atoms with Gasteiger partial charge in [0.2, 0.25) is 5.88 Å². The van der Waals surface area contributed by atoms with Gasteiger partial charge in [0.1, 0.15) is 0 Å². The van der Waals surface area contributed by atoms with Crippen molar-refractivity contribution in [1.29, 1.82) is 0 Å². The third-order valence-electron chi connectivity index (χ3n) is 2.43. The molecule has 2 heterocycles. The number of hydrogen-bond donors (Lipinski definition) is 1. The fourth-order valence-corrected chi connectivity index (χ4v) is 2.32. The third kappa shape index (κ3) is 3.74. The Bertz CT molecular complexity index is 468. The number of ether oxygens (including phenoxy) is 1. The van der Waals surface area contributed by atoms with Crippen LogP contribution in [0.4, 0.5) is 5.69 Å². The first-order valence-corrected chi connectivity index (χ1v) is 7.06. The average molecular weight is 262 g/mol. The zero-order valence-corrected chi connectivity index (χ0v) is 11.5. The Morgan fingerprint density at radius 3 is 3.00 bits per heavy atom. The van der Waals surface area contributed by atoms with E-state index in [1.165, 1.54) is 5.56 Å². The Kier molecular flexibility index (Phi) is 4.59. The Balaban J connectivity index is 1.92. The maximum Gasteiger partial charge on any atom is 0.237 e. The van der Waals surface area contributed by atoms with E-state index in [4.69, 9.17) is 4.74 Å². The summed E-state index contributed by atoms with van der Waals surface area (Å²) in [6.07, 6.45) is 2.90. The Hall–Kier alpha value is -1.55. The van der Waals surface area contributed by atoms with Gasteiger partial charge in [-0.1, -0.05) is 0 Å². The van der Waals surface area contributed by atoms with Gasteiger partial charge in [-0.05, 0) is 54.8 Å². The van der Waals surface area contributed by atoms with Crippen LogP contribution in [0.5, 0.6) is 5.88 Å². The molecule has 0 aromatic carbocycles. The molecule has 2 rings (SSSR count). The van der Waals surface area contributed by atoms with Crippen molar-refractivity contribution >= 4 is 17.0 Å². The highest BCUT2D eigenvalue weighted by Crippen LogP contribution is 2.21. The lowest BCUT2D eigenvalue weighted by Crippen LogP contribution is -2.11. The van der Waals surface area contributed by atoms with Gasteiger partial charge in [0, 0.05) is 12.7 Å². The second-order valence-corrected chi connectivity index (χ2v) is 5.11. The molecule has 96 valence electrons. The summed E-state index contributed by atoms with van der Waals surface area (Å²) in [5, 5.41) is 7.65. The minimum Gasteiger partial charge on any atom is -0.473 e. The Labute approximate surface area is 112 Å². The lowest BCUT2D eigenvalue weighted by atomic mass is 10.2. The second kappa shape index (κ2) is 6.40. The van der Waals surface area contributed by atoms with Gasteiger partial charge in [-0.2, -0.15) is 11.3 Å². The van der Waals surface area contributed by atoms with Crippen molar-refractivity contribution in [2.45, 2.75) is 26.4 Å². The van der Waals surface area contributed by atoms with E-state index in [2.05, 4.69) is 27.1 Å². The molecule has 0 aliphatic rings. The summed E-state index contributed by atoms with van der Waals surface area (Å²) >= 11 is 1.73. The van der Waals surface area contributed by atoms with E-state index in [0.717, 1.165) is 18.7 Å². The van der Waals surface area contributed by atoms with Crippen LogP contribution in [-0.2, 0) is 6.42 Å². The standard InChI is InChI=1S/C14H18N2OS/c1-11(2)17-14-13(4-3-7-16-14)15-8-5-12-6-9-18-10-12/h3-4,6-7,9-11,15H,5,8H2,1-2H3. The van der Waals surface area contributed by atoms with Gasteiger partial charge < -0.3 is 10.1 Å². The molecule has 18 heavy (non-hydrogen) atoms. The minimum atomic E-state index is 0.136. The molecule has 0 aliphatic heterocycles. The molecular formula is C14H18N2OS. The maximum absolute atomic E-state index is 5.66. The number of nitrogens with zero attached hydrogens (tertiary/aromatic N) is 1. The monoisotopic (exact) mass is 262 g/mol. The number of nitrogens with one attached hydrogen (secondary N) is 1. The molecule has 2 aromatic rings. The molecule has 1 N–H and O–H groups in total. The first kappa shape index (κ1) is 12.9. The highest BCUT2D eigenvalue weighted by molar-refractivity contribution is 7.07. The van der Waals surface area contributed by atoms with Crippen LogP contribution >= 0.6 is 11.3 Å². The minimum absolute atomic E-state index is 0.136. The quantitative estimate of drug-likeness (QED) is 0.864. The van der Waals surface area contributed by atoms with Gasteiger partial charge in [0.25, 0.3) is 0 Å².